The molecule has 0 bridgehead atoms. The first kappa shape index (κ1) is 19.6. The summed E-state index contributed by atoms with van der Waals surface area (Å²) in [6, 6.07) is 9.28. The maximum atomic E-state index is 14.0. The van der Waals surface area contributed by atoms with Gasteiger partial charge in [-0.2, -0.15) is 40.1 Å². The highest BCUT2D eigenvalue weighted by Gasteiger charge is 2.25. The summed E-state index contributed by atoms with van der Waals surface area (Å²) < 4.78 is 54.9. The molecule has 0 aliphatic carbocycles. The van der Waals surface area contributed by atoms with E-state index in [9.17, 15) is 33.3 Å². The van der Waals surface area contributed by atoms with Gasteiger partial charge in [-0.1, -0.05) is 0 Å². The summed E-state index contributed by atoms with van der Waals surface area (Å²) in [6.45, 7) is 0. The first-order valence-corrected chi connectivity index (χ1v) is 6.98. The van der Waals surface area contributed by atoms with E-state index in [1.54, 1.807) is 12.1 Å². The topological polar surface area (TPSA) is 132 Å². The summed E-state index contributed by atoms with van der Waals surface area (Å²) in [4.78, 5) is 2.38. The molecule has 132 valence electrons. The van der Waals surface area contributed by atoms with Crippen LogP contribution in [0.25, 0.3) is 11.1 Å². The lowest BCUT2D eigenvalue weighted by molar-refractivity contribution is 0.404. The summed E-state index contributed by atoms with van der Waals surface area (Å²) >= 11 is 0. The van der Waals surface area contributed by atoms with Crippen LogP contribution in [0.2, 0.25) is 0 Å². The van der Waals surface area contributed by atoms with E-state index in [1.165, 1.54) is 18.2 Å². The normalized spacial score (nSPS) is 10.5. The van der Waals surface area contributed by atoms with Crippen molar-refractivity contribution < 1.29 is 17.6 Å². The molecule has 0 aliphatic rings. The van der Waals surface area contributed by atoms with Gasteiger partial charge in [-0.15, -0.1) is 0 Å². The zero-order chi connectivity index (χ0) is 21.0. The fourth-order valence-corrected chi connectivity index (χ4v) is 2.30. The van der Waals surface area contributed by atoms with Gasteiger partial charge in [0.25, 0.3) is 11.9 Å². The van der Waals surface area contributed by atoms with Gasteiger partial charge < -0.3 is 0 Å². The SMILES string of the molecule is N#CC(C#N)=c1cc(C#N)/c(=C(/C#N)c2c(F)c(F)nc(F)c2F)cc1C#N. The van der Waals surface area contributed by atoms with E-state index in [0.717, 1.165) is 12.1 Å². The molecule has 0 spiro atoms. The van der Waals surface area contributed by atoms with E-state index in [-0.39, 0.29) is 10.8 Å². The predicted molar refractivity (Wildman–Crippen MR) is 81.9 cm³/mol. The highest BCUT2D eigenvalue weighted by Crippen LogP contribution is 2.22. The van der Waals surface area contributed by atoms with Crippen molar-refractivity contribution in [3.8, 4) is 30.3 Å². The van der Waals surface area contributed by atoms with Crippen molar-refractivity contribution in [2.45, 2.75) is 0 Å². The van der Waals surface area contributed by atoms with Crippen molar-refractivity contribution >= 4 is 11.1 Å². The smallest absolute Gasteiger partial charge is 0.201 e. The molecule has 0 unspecified atom stereocenters. The molecule has 10 heteroatoms. The molecule has 0 N–H and O–H groups in total. The third kappa shape index (κ3) is 3.08. The van der Waals surface area contributed by atoms with Gasteiger partial charge in [0, 0.05) is 10.4 Å². The second kappa shape index (κ2) is 7.67. The van der Waals surface area contributed by atoms with Gasteiger partial charge in [0.15, 0.2) is 11.6 Å². The lowest BCUT2D eigenvalue weighted by Gasteiger charge is -2.06. The molecule has 0 radical (unpaired) electrons. The Balaban J connectivity index is 3.22. The van der Waals surface area contributed by atoms with Crippen molar-refractivity contribution in [1.82, 2.24) is 4.98 Å². The Morgan fingerprint density at radius 2 is 1.18 bits per heavy atom. The maximum Gasteiger partial charge on any atom is 0.252 e. The molecule has 0 saturated heterocycles. The first-order valence-electron chi connectivity index (χ1n) is 6.98. The molecule has 2 aromatic rings. The molecular formula is C18H2F4N6. The highest BCUT2D eigenvalue weighted by molar-refractivity contribution is 5.79. The van der Waals surface area contributed by atoms with Crippen molar-refractivity contribution in [2.24, 2.45) is 0 Å². The van der Waals surface area contributed by atoms with Crippen molar-refractivity contribution in [3.05, 3.63) is 62.8 Å². The molecule has 1 heterocycles. The van der Waals surface area contributed by atoms with Gasteiger partial charge in [0.1, 0.15) is 23.8 Å². The van der Waals surface area contributed by atoms with Gasteiger partial charge in [-0.25, -0.2) is 8.78 Å². The van der Waals surface area contributed by atoms with Crippen LogP contribution in [0.15, 0.2) is 12.1 Å². The van der Waals surface area contributed by atoms with E-state index >= 15 is 0 Å². The van der Waals surface area contributed by atoms with Crippen LogP contribution in [0.3, 0.4) is 0 Å². The quantitative estimate of drug-likeness (QED) is 0.543. The van der Waals surface area contributed by atoms with Crippen LogP contribution >= 0.6 is 0 Å². The van der Waals surface area contributed by atoms with Crippen LogP contribution in [0.4, 0.5) is 17.6 Å². The Kier molecular flexibility index (Phi) is 5.37. The number of benzene rings is 1. The number of nitriles is 5. The summed E-state index contributed by atoms with van der Waals surface area (Å²) in [6.07, 6.45) is 0. The lowest BCUT2D eigenvalue weighted by Crippen LogP contribution is -2.22. The zero-order valence-electron chi connectivity index (χ0n) is 13.3. The maximum absolute atomic E-state index is 14.0. The van der Waals surface area contributed by atoms with Crippen molar-refractivity contribution in [3.63, 3.8) is 0 Å². The summed E-state index contributed by atoms with van der Waals surface area (Å²) in [7, 11) is 0. The van der Waals surface area contributed by atoms with Crippen LogP contribution in [-0.2, 0) is 0 Å². The van der Waals surface area contributed by atoms with Gasteiger partial charge in [0.05, 0.1) is 34.4 Å². The fraction of sp³-hybridized carbons (Fsp3) is 0. The van der Waals surface area contributed by atoms with Gasteiger partial charge in [-0.05, 0) is 12.1 Å². The van der Waals surface area contributed by atoms with Crippen LogP contribution in [0.1, 0.15) is 16.7 Å². The minimum absolute atomic E-state index is 0.252. The average Bonchev–Trinajstić information content (AvgIpc) is 2.70. The molecule has 2 rings (SSSR count). The Bertz CT molecular complexity index is 1320. The molecule has 0 aliphatic heterocycles. The standard InChI is InChI=1S/C18H2F4N6/c19-15-14(16(20)18(22)28-17(15)21)13(7-27)12-2-8(3-23)11(1-9(12)4-24)10(5-25)6-26/h1-2H/b13-12-. The minimum Gasteiger partial charge on any atom is -0.201 e. The van der Waals surface area contributed by atoms with Gasteiger partial charge >= 0.3 is 0 Å². The fourth-order valence-electron chi connectivity index (χ4n) is 2.30. The zero-order valence-corrected chi connectivity index (χ0v) is 13.3. The second-order valence-corrected chi connectivity index (χ2v) is 4.95. The van der Waals surface area contributed by atoms with Crippen LogP contribution < -0.4 is 10.4 Å². The molecular weight excluding hydrogens is 376 g/mol. The van der Waals surface area contributed by atoms with Gasteiger partial charge in [0.2, 0.25) is 0 Å². The number of hydrogen-bond acceptors (Lipinski definition) is 6. The van der Waals surface area contributed by atoms with Crippen LogP contribution in [-0.4, -0.2) is 4.98 Å². The van der Waals surface area contributed by atoms with E-state index in [4.69, 9.17) is 10.5 Å². The average molecular weight is 378 g/mol. The Morgan fingerprint density at radius 3 is 1.61 bits per heavy atom. The molecule has 0 saturated carbocycles. The number of nitrogens with zero attached hydrogens (tertiary/aromatic N) is 6. The molecule has 28 heavy (non-hydrogen) atoms. The summed E-state index contributed by atoms with van der Waals surface area (Å²) in [5.74, 6) is -7.96. The Labute approximate surface area is 154 Å². The molecule has 0 atom stereocenters. The Hall–Kier alpha value is -4.72. The largest absolute Gasteiger partial charge is 0.252 e. The number of rotatable bonds is 1. The lowest BCUT2D eigenvalue weighted by atomic mass is 9.97. The third-order valence-electron chi connectivity index (χ3n) is 3.52. The minimum atomic E-state index is -2.01. The summed E-state index contributed by atoms with van der Waals surface area (Å²) in [5, 5.41) is 45.0. The molecule has 0 fully saturated rings. The van der Waals surface area contributed by atoms with Crippen molar-refractivity contribution in [1.29, 1.82) is 26.3 Å². The van der Waals surface area contributed by atoms with Crippen LogP contribution in [0.5, 0.6) is 0 Å². The van der Waals surface area contributed by atoms with Crippen molar-refractivity contribution in [2.75, 3.05) is 0 Å². The third-order valence-corrected chi connectivity index (χ3v) is 3.52. The number of pyridine rings is 1. The molecule has 1 aromatic carbocycles. The van der Waals surface area contributed by atoms with E-state index in [2.05, 4.69) is 4.98 Å². The molecule has 0 amide bonds. The monoisotopic (exact) mass is 378 g/mol. The molecule has 1 aromatic heterocycles. The van der Waals surface area contributed by atoms with Crippen LogP contribution in [0, 0.1) is 80.2 Å². The number of halogens is 4. The van der Waals surface area contributed by atoms with E-state index < -0.39 is 51.0 Å². The van der Waals surface area contributed by atoms with Gasteiger partial charge in [-0.3, -0.25) is 0 Å². The second-order valence-electron chi connectivity index (χ2n) is 4.95. The molecule has 6 nitrogen and oxygen atoms in total. The number of hydrogen-bond donors (Lipinski definition) is 0. The number of aromatic nitrogens is 1. The van der Waals surface area contributed by atoms with E-state index in [1.807, 2.05) is 0 Å². The summed E-state index contributed by atoms with van der Waals surface area (Å²) in [5.41, 5.74) is -3.77. The first-order chi connectivity index (χ1) is 13.3. The predicted octanol–water partition coefficient (Wildman–Crippen LogP) is 1.30. The Morgan fingerprint density at radius 1 is 0.714 bits per heavy atom. The van der Waals surface area contributed by atoms with E-state index in [0.29, 0.717) is 0 Å². The highest BCUT2D eigenvalue weighted by atomic mass is 19.2.